The highest BCUT2D eigenvalue weighted by molar-refractivity contribution is 5.78. The molecule has 0 aliphatic carbocycles. The van der Waals surface area contributed by atoms with E-state index in [0.29, 0.717) is 25.2 Å². The molecule has 0 unspecified atom stereocenters. The quantitative estimate of drug-likeness (QED) is 0.827. The van der Waals surface area contributed by atoms with Crippen LogP contribution in [-0.4, -0.2) is 73.5 Å². The molecule has 5 heteroatoms. The van der Waals surface area contributed by atoms with Gasteiger partial charge in [-0.25, -0.2) is 0 Å². The monoisotopic (exact) mass is 319 g/mol. The second kappa shape index (κ2) is 7.79. The molecule has 1 aliphatic rings. The van der Waals surface area contributed by atoms with E-state index in [9.17, 15) is 4.79 Å². The highest BCUT2D eigenvalue weighted by atomic mass is 16.5. The topological polar surface area (TPSA) is 36.0 Å². The van der Waals surface area contributed by atoms with E-state index >= 15 is 0 Å². The molecule has 1 aliphatic heterocycles. The minimum Gasteiger partial charge on any atom is -0.496 e. The Balaban J connectivity index is 1.95. The van der Waals surface area contributed by atoms with E-state index in [0.717, 1.165) is 24.4 Å². The lowest BCUT2D eigenvalue weighted by molar-refractivity contribution is -0.133. The number of likely N-dealkylation sites (N-methyl/N-ethyl adjacent to an activating group) is 2. The molecule has 1 amide bonds. The first kappa shape index (κ1) is 17.8. The number of hydrogen-bond donors (Lipinski definition) is 0. The first-order chi connectivity index (χ1) is 10.9. The fraction of sp³-hybridized carbons (Fsp3) is 0.611. The molecule has 1 saturated heterocycles. The predicted molar refractivity (Wildman–Crippen MR) is 92.6 cm³/mol. The molecule has 2 atom stereocenters. The molecule has 128 valence electrons. The van der Waals surface area contributed by atoms with Gasteiger partial charge in [-0.15, -0.1) is 0 Å². The number of piperazine rings is 1. The van der Waals surface area contributed by atoms with Gasteiger partial charge in [0.05, 0.1) is 13.7 Å². The van der Waals surface area contributed by atoms with Crippen molar-refractivity contribution in [3.05, 3.63) is 29.8 Å². The molecule has 1 aromatic rings. The van der Waals surface area contributed by atoms with Crippen LogP contribution in [0.5, 0.6) is 5.75 Å². The predicted octanol–water partition coefficient (Wildman–Crippen LogP) is 1.68. The van der Waals surface area contributed by atoms with E-state index in [-0.39, 0.29) is 5.91 Å². The zero-order valence-corrected chi connectivity index (χ0v) is 15.0. The van der Waals surface area contributed by atoms with E-state index in [1.54, 1.807) is 12.0 Å². The van der Waals surface area contributed by atoms with Crippen molar-refractivity contribution in [2.75, 3.05) is 40.8 Å². The summed E-state index contributed by atoms with van der Waals surface area (Å²) in [6.07, 6.45) is 0. The summed E-state index contributed by atoms with van der Waals surface area (Å²) >= 11 is 0. The van der Waals surface area contributed by atoms with Crippen LogP contribution in [0.15, 0.2) is 24.3 Å². The first-order valence-corrected chi connectivity index (χ1v) is 8.22. The number of rotatable bonds is 5. The number of hydrogen-bond acceptors (Lipinski definition) is 4. The van der Waals surface area contributed by atoms with Crippen LogP contribution in [0.1, 0.15) is 19.4 Å². The van der Waals surface area contributed by atoms with Crippen LogP contribution in [0.25, 0.3) is 0 Å². The summed E-state index contributed by atoms with van der Waals surface area (Å²) in [5.74, 6) is 0.980. The number of nitrogens with zero attached hydrogens (tertiary/aromatic N) is 3. The van der Waals surface area contributed by atoms with Crippen molar-refractivity contribution in [3.8, 4) is 5.75 Å². The summed E-state index contributed by atoms with van der Waals surface area (Å²) in [6, 6.07) is 8.73. The van der Waals surface area contributed by atoms with Gasteiger partial charge in [0.15, 0.2) is 0 Å². The Labute approximate surface area is 139 Å². The molecule has 5 nitrogen and oxygen atoms in total. The van der Waals surface area contributed by atoms with Gasteiger partial charge in [0.2, 0.25) is 5.91 Å². The Morgan fingerprint density at radius 1 is 1.26 bits per heavy atom. The van der Waals surface area contributed by atoms with Crippen molar-refractivity contribution in [2.24, 2.45) is 0 Å². The van der Waals surface area contributed by atoms with Crippen LogP contribution in [0, 0.1) is 0 Å². The van der Waals surface area contributed by atoms with E-state index in [4.69, 9.17) is 4.74 Å². The maximum absolute atomic E-state index is 12.6. The van der Waals surface area contributed by atoms with Gasteiger partial charge in [-0.05, 0) is 27.0 Å². The van der Waals surface area contributed by atoms with Crippen molar-refractivity contribution in [2.45, 2.75) is 32.5 Å². The number of ether oxygens (including phenoxy) is 1. The zero-order chi connectivity index (χ0) is 17.0. The Morgan fingerprint density at radius 2 is 1.96 bits per heavy atom. The summed E-state index contributed by atoms with van der Waals surface area (Å²) < 4.78 is 5.36. The van der Waals surface area contributed by atoms with Gasteiger partial charge in [-0.1, -0.05) is 18.2 Å². The van der Waals surface area contributed by atoms with E-state index in [1.807, 2.05) is 31.3 Å². The normalized spacial score (nSPS) is 22.8. The average Bonchev–Trinajstić information content (AvgIpc) is 2.53. The third-order valence-electron chi connectivity index (χ3n) is 4.79. The van der Waals surface area contributed by atoms with Gasteiger partial charge in [-0.3, -0.25) is 9.69 Å². The van der Waals surface area contributed by atoms with Gasteiger partial charge in [0.1, 0.15) is 5.75 Å². The third-order valence-corrected chi connectivity index (χ3v) is 4.79. The molecule has 0 radical (unpaired) electrons. The molecule has 0 N–H and O–H groups in total. The number of amides is 1. The summed E-state index contributed by atoms with van der Waals surface area (Å²) in [7, 11) is 5.67. The van der Waals surface area contributed by atoms with Crippen molar-refractivity contribution in [1.29, 1.82) is 0 Å². The SMILES string of the molecule is COc1ccccc1CN(C)C(=O)CN1C[C@H](C)N(C)C[C@@H]1C. The van der Waals surface area contributed by atoms with Gasteiger partial charge < -0.3 is 14.5 Å². The molecule has 0 aromatic heterocycles. The van der Waals surface area contributed by atoms with Gasteiger partial charge in [0, 0.05) is 44.3 Å². The minimum atomic E-state index is 0.152. The van der Waals surface area contributed by atoms with Gasteiger partial charge in [-0.2, -0.15) is 0 Å². The van der Waals surface area contributed by atoms with Crippen LogP contribution in [0.2, 0.25) is 0 Å². The Hall–Kier alpha value is -1.59. The summed E-state index contributed by atoms with van der Waals surface area (Å²) in [4.78, 5) is 19.0. The first-order valence-electron chi connectivity index (χ1n) is 8.22. The van der Waals surface area contributed by atoms with Crippen molar-refractivity contribution >= 4 is 5.91 Å². The molecule has 0 saturated carbocycles. The van der Waals surface area contributed by atoms with E-state index in [1.165, 1.54) is 0 Å². The number of para-hydroxylation sites is 1. The van der Waals surface area contributed by atoms with Crippen LogP contribution in [-0.2, 0) is 11.3 Å². The Bertz CT molecular complexity index is 535. The number of carbonyl (C=O) groups excluding carboxylic acids is 1. The van der Waals surface area contributed by atoms with Crippen LogP contribution < -0.4 is 4.74 Å². The number of carbonyl (C=O) groups is 1. The van der Waals surface area contributed by atoms with Crippen LogP contribution in [0.3, 0.4) is 0 Å². The lowest BCUT2D eigenvalue weighted by Gasteiger charge is -2.42. The Kier molecular flexibility index (Phi) is 6.02. The second-order valence-corrected chi connectivity index (χ2v) is 6.63. The largest absolute Gasteiger partial charge is 0.496 e. The molecule has 2 rings (SSSR count). The maximum Gasteiger partial charge on any atom is 0.236 e. The van der Waals surface area contributed by atoms with Crippen LogP contribution in [0.4, 0.5) is 0 Å². The van der Waals surface area contributed by atoms with Crippen molar-refractivity contribution in [1.82, 2.24) is 14.7 Å². The standard InChI is InChI=1S/C18H29N3O2/c1-14-11-21(15(2)10-19(14)3)13-18(22)20(4)12-16-8-6-7-9-17(16)23-5/h6-9,14-15H,10-13H2,1-5H3/t14-,15-/m0/s1. The summed E-state index contributed by atoms with van der Waals surface area (Å²) in [6.45, 7) is 7.39. The molecule has 0 spiro atoms. The highest BCUT2D eigenvalue weighted by Gasteiger charge is 2.28. The Morgan fingerprint density at radius 3 is 2.65 bits per heavy atom. The fourth-order valence-corrected chi connectivity index (χ4v) is 3.06. The summed E-state index contributed by atoms with van der Waals surface area (Å²) in [5.41, 5.74) is 1.03. The highest BCUT2D eigenvalue weighted by Crippen LogP contribution is 2.19. The molecule has 1 aromatic carbocycles. The van der Waals surface area contributed by atoms with E-state index < -0.39 is 0 Å². The molecule has 0 bridgehead atoms. The molecule has 1 fully saturated rings. The van der Waals surface area contributed by atoms with Gasteiger partial charge >= 0.3 is 0 Å². The smallest absolute Gasteiger partial charge is 0.236 e. The lowest BCUT2D eigenvalue weighted by Crippen LogP contribution is -2.56. The number of benzene rings is 1. The fourth-order valence-electron chi connectivity index (χ4n) is 3.06. The molecular formula is C18H29N3O2. The van der Waals surface area contributed by atoms with E-state index in [2.05, 4.69) is 30.7 Å². The lowest BCUT2D eigenvalue weighted by atomic mass is 10.1. The maximum atomic E-state index is 12.6. The summed E-state index contributed by atoms with van der Waals surface area (Å²) in [5, 5.41) is 0. The average molecular weight is 319 g/mol. The van der Waals surface area contributed by atoms with Gasteiger partial charge in [0.25, 0.3) is 0 Å². The third kappa shape index (κ3) is 4.45. The van der Waals surface area contributed by atoms with Crippen molar-refractivity contribution in [3.63, 3.8) is 0 Å². The van der Waals surface area contributed by atoms with Crippen molar-refractivity contribution < 1.29 is 9.53 Å². The van der Waals surface area contributed by atoms with Crippen LogP contribution >= 0.6 is 0 Å². The molecule has 1 heterocycles. The molecule has 23 heavy (non-hydrogen) atoms. The zero-order valence-electron chi connectivity index (χ0n) is 15.0. The molecular weight excluding hydrogens is 290 g/mol. The second-order valence-electron chi connectivity index (χ2n) is 6.63. The number of methoxy groups -OCH3 is 1. The minimum absolute atomic E-state index is 0.152.